The Morgan fingerprint density at radius 2 is 2.21 bits per heavy atom. The molecule has 1 aromatic carbocycles. The van der Waals surface area contributed by atoms with E-state index in [0.29, 0.717) is 13.0 Å². The Balaban J connectivity index is 2.72. The number of aliphatic hydroxyl groups is 1. The van der Waals surface area contributed by atoms with Gasteiger partial charge in [0.15, 0.2) is 0 Å². The molecule has 2 nitrogen and oxygen atoms in total. The van der Waals surface area contributed by atoms with E-state index < -0.39 is 5.82 Å². The first kappa shape index (κ1) is 11.4. The normalized spacial score (nSPS) is 12.9. The Morgan fingerprint density at radius 1 is 1.50 bits per heavy atom. The van der Waals surface area contributed by atoms with Crippen molar-refractivity contribution in [3.05, 3.63) is 34.6 Å². The predicted molar refractivity (Wildman–Crippen MR) is 54.7 cm³/mol. The van der Waals surface area contributed by atoms with Gasteiger partial charge in [-0.2, -0.15) is 0 Å². The van der Waals surface area contributed by atoms with Crippen molar-refractivity contribution in [3.63, 3.8) is 0 Å². The second-order valence-electron chi connectivity index (χ2n) is 3.24. The van der Waals surface area contributed by atoms with Crippen molar-refractivity contribution in [2.24, 2.45) is 11.7 Å². The van der Waals surface area contributed by atoms with E-state index in [1.165, 1.54) is 12.1 Å². The highest BCUT2D eigenvalue weighted by atomic mass is 35.5. The summed E-state index contributed by atoms with van der Waals surface area (Å²) in [5.41, 5.74) is 6.22. The first-order valence-electron chi connectivity index (χ1n) is 4.42. The molecule has 78 valence electrons. The molecule has 4 heteroatoms. The van der Waals surface area contributed by atoms with Gasteiger partial charge >= 0.3 is 0 Å². The summed E-state index contributed by atoms with van der Waals surface area (Å²) in [6.07, 6.45) is 0.571. The molecule has 0 aliphatic carbocycles. The maximum atomic E-state index is 13.0. The SMILES string of the molecule is NCC(CO)Cc1ccc(Cl)c(F)c1. The zero-order chi connectivity index (χ0) is 10.6. The highest BCUT2D eigenvalue weighted by Gasteiger charge is 2.08. The average Bonchev–Trinajstić information content (AvgIpc) is 2.19. The largest absolute Gasteiger partial charge is 0.396 e. The zero-order valence-electron chi connectivity index (χ0n) is 7.71. The second kappa shape index (κ2) is 5.29. The molecule has 1 atom stereocenters. The second-order valence-corrected chi connectivity index (χ2v) is 3.64. The van der Waals surface area contributed by atoms with E-state index in [-0.39, 0.29) is 17.5 Å². The minimum Gasteiger partial charge on any atom is -0.396 e. The van der Waals surface area contributed by atoms with Crippen LogP contribution < -0.4 is 5.73 Å². The van der Waals surface area contributed by atoms with Crippen LogP contribution in [0.4, 0.5) is 4.39 Å². The summed E-state index contributed by atoms with van der Waals surface area (Å²) < 4.78 is 13.0. The fourth-order valence-electron chi connectivity index (χ4n) is 1.22. The van der Waals surface area contributed by atoms with Gasteiger partial charge in [0.2, 0.25) is 0 Å². The lowest BCUT2D eigenvalue weighted by molar-refractivity contribution is 0.229. The number of rotatable bonds is 4. The van der Waals surface area contributed by atoms with Gasteiger partial charge in [-0.25, -0.2) is 4.39 Å². The quantitative estimate of drug-likeness (QED) is 0.805. The van der Waals surface area contributed by atoms with E-state index in [1.807, 2.05) is 0 Å². The van der Waals surface area contributed by atoms with Crippen molar-refractivity contribution < 1.29 is 9.50 Å². The van der Waals surface area contributed by atoms with Crippen molar-refractivity contribution in [2.45, 2.75) is 6.42 Å². The Kier molecular flexibility index (Phi) is 4.32. The molecule has 0 bridgehead atoms. The van der Waals surface area contributed by atoms with Crippen LogP contribution in [0, 0.1) is 11.7 Å². The number of hydrogen-bond acceptors (Lipinski definition) is 2. The van der Waals surface area contributed by atoms with Crippen LogP contribution in [0.5, 0.6) is 0 Å². The van der Waals surface area contributed by atoms with Crippen molar-refractivity contribution in [3.8, 4) is 0 Å². The number of halogens is 2. The molecule has 1 aromatic rings. The lowest BCUT2D eigenvalue weighted by atomic mass is 10.0. The molecule has 0 heterocycles. The van der Waals surface area contributed by atoms with E-state index >= 15 is 0 Å². The molecule has 3 N–H and O–H groups in total. The number of benzene rings is 1. The monoisotopic (exact) mass is 217 g/mol. The lowest BCUT2D eigenvalue weighted by Gasteiger charge is -2.11. The molecule has 0 saturated carbocycles. The zero-order valence-corrected chi connectivity index (χ0v) is 8.47. The molecule has 1 rings (SSSR count). The van der Waals surface area contributed by atoms with Crippen LogP contribution in [0.15, 0.2) is 18.2 Å². The summed E-state index contributed by atoms with van der Waals surface area (Å²) in [5, 5.41) is 9.02. The van der Waals surface area contributed by atoms with Crippen LogP contribution in [0.1, 0.15) is 5.56 Å². The third-order valence-electron chi connectivity index (χ3n) is 2.10. The van der Waals surface area contributed by atoms with Crippen LogP contribution in [0.3, 0.4) is 0 Å². The summed E-state index contributed by atoms with van der Waals surface area (Å²) in [6, 6.07) is 4.63. The van der Waals surface area contributed by atoms with E-state index in [4.69, 9.17) is 22.4 Å². The first-order valence-corrected chi connectivity index (χ1v) is 4.80. The van der Waals surface area contributed by atoms with Gasteiger partial charge in [0, 0.05) is 6.61 Å². The lowest BCUT2D eigenvalue weighted by Crippen LogP contribution is -2.20. The topological polar surface area (TPSA) is 46.2 Å². The summed E-state index contributed by atoms with van der Waals surface area (Å²) in [7, 11) is 0. The molecule has 0 amide bonds. The first-order chi connectivity index (χ1) is 6.67. The van der Waals surface area contributed by atoms with Crippen molar-refractivity contribution in [1.29, 1.82) is 0 Å². The van der Waals surface area contributed by atoms with Gasteiger partial charge in [0.1, 0.15) is 5.82 Å². The number of nitrogens with two attached hydrogens (primary N) is 1. The summed E-state index contributed by atoms with van der Waals surface area (Å²) in [4.78, 5) is 0. The molecule has 0 aliphatic heterocycles. The highest BCUT2D eigenvalue weighted by Crippen LogP contribution is 2.17. The molecule has 0 saturated heterocycles. The molecule has 0 fully saturated rings. The number of hydrogen-bond donors (Lipinski definition) is 2. The van der Waals surface area contributed by atoms with Crippen LogP contribution in [-0.2, 0) is 6.42 Å². The molecular formula is C10H13ClFNO. The highest BCUT2D eigenvalue weighted by molar-refractivity contribution is 6.30. The predicted octanol–water partition coefficient (Wildman–Crippen LogP) is 1.59. The van der Waals surface area contributed by atoms with E-state index in [2.05, 4.69) is 0 Å². The Bertz CT molecular complexity index is 302. The van der Waals surface area contributed by atoms with Gasteiger partial charge < -0.3 is 10.8 Å². The number of aliphatic hydroxyl groups excluding tert-OH is 1. The smallest absolute Gasteiger partial charge is 0.142 e. The third kappa shape index (κ3) is 2.94. The van der Waals surface area contributed by atoms with E-state index in [0.717, 1.165) is 5.56 Å². The maximum Gasteiger partial charge on any atom is 0.142 e. The van der Waals surface area contributed by atoms with Gasteiger partial charge in [0.05, 0.1) is 5.02 Å². The van der Waals surface area contributed by atoms with Gasteiger partial charge in [-0.05, 0) is 36.6 Å². The maximum absolute atomic E-state index is 13.0. The fourth-order valence-corrected chi connectivity index (χ4v) is 1.34. The minimum atomic E-state index is -0.433. The summed E-state index contributed by atoms with van der Waals surface area (Å²) in [5.74, 6) is -0.451. The van der Waals surface area contributed by atoms with Gasteiger partial charge in [0.25, 0.3) is 0 Å². The van der Waals surface area contributed by atoms with Crippen molar-refractivity contribution in [2.75, 3.05) is 13.2 Å². The van der Waals surface area contributed by atoms with Crippen LogP contribution in [0.2, 0.25) is 5.02 Å². The molecular weight excluding hydrogens is 205 g/mol. The van der Waals surface area contributed by atoms with E-state index in [9.17, 15) is 4.39 Å². The molecule has 0 aliphatic rings. The average molecular weight is 218 g/mol. The van der Waals surface area contributed by atoms with Gasteiger partial charge in [-0.1, -0.05) is 17.7 Å². The van der Waals surface area contributed by atoms with Crippen LogP contribution >= 0.6 is 11.6 Å². The molecule has 0 aromatic heterocycles. The molecule has 1 unspecified atom stereocenters. The minimum absolute atomic E-state index is 0.0146. The third-order valence-corrected chi connectivity index (χ3v) is 2.41. The van der Waals surface area contributed by atoms with Gasteiger partial charge in [-0.15, -0.1) is 0 Å². The Hall–Kier alpha value is -0.640. The van der Waals surface area contributed by atoms with Crippen LogP contribution in [0.25, 0.3) is 0 Å². The van der Waals surface area contributed by atoms with Crippen LogP contribution in [-0.4, -0.2) is 18.3 Å². The molecule has 0 radical (unpaired) electrons. The Labute approximate surface area is 87.5 Å². The molecule has 14 heavy (non-hydrogen) atoms. The molecule has 0 spiro atoms. The van der Waals surface area contributed by atoms with Gasteiger partial charge in [-0.3, -0.25) is 0 Å². The van der Waals surface area contributed by atoms with Crippen molar-refractivity contribution >= 4 is 11.6 Å². The Morgan fingerprint density at radius 3 is 2.71 bits per heavy atom. The summed E-state index contributed by atoms with van der Waals surface area (Å²) in [6.45, 7) is 0.404. The van der Waals surface area contributed by atoms with E-state index in [1.54, 1.807) is 6.07 Å². The standard InChI is InChI=1S/C10H13ClFNO/c11-9-2-1-7(4-10(9)12)3-8(5-13)6-14/h1-2,4,8,14H,3,5-6,13H2. The summed E-state index contributed by atoms with van der Waals surface area (Å²) >= 11 is 5.54. The van der Waals surface area contributed by atoms with Crippen molar-refractivity contribution in [1.82, 2.24) is 0 Å². The fraction of sp³-hybridized carbons (Fsp3) is 0.400.